The first kappa shape index (κ1) is 21.4. The number of nitrogens with zero attached hydrogens (tertiary/aromatic N) is 1. The Morgan fingerprint density at radius 1 is 1.04 bits per heavy atom. The van der Waals surface area contributed by atoms with E-state index < -0.39 is 0 Å². The van der Waals surface area contributed by atoms with Crippen LogP contribution in [-0.2, 0) is 11.2 Å². The standard InChI is InChI=1S/C22H28N2O4/c1-15(25)17-8-11-21(28-5)18(12-17)13-22(26)23-14-20(24(2)3)16-6-9-19(27-4)10-7-16/h6-12,20H,13-14H2,1-5H3,(H,23,26). The first-order valence-corrected chi connectivity index (χ1v) is 9.10. The molecule has 0 radical (unpaired) electrons. The second-order valence-corrected chi connectivity index (χ2v) is 6.82. The summed E-state index contributed by atoms with van der Waals surface area (Å²) < 4.78 is 10.5. The molecule has 0 fully saturated rings. The number of nitrogens with one attached hydrogen (secondary N) is 1. The third-order valence-electron chi connectivity index (χ3n) is 4.65. The van der Waals surface area contributed by atoms with Crippen molar-refractivity contribution >= 4 is 11.7 Å². The molecule has 0 aliphatic carbocycles. The number of Topliss-reactive ketones (excluding diaryl/α,β-unsaturated/α-hetero) is 1. The van der Waals surface area contributed by atoms with Crippen LogP contribution in [0.3, 0.4) is 0 Å². The molecule has 6 nitrogen and oxygen atoms in total. The van der Waals surface area contributed by atoms with E-state index in [0.29, 0.717) is 23.4 Å². The molecule has 150 valence electrons. The van der Waals surface area contributed by atoms with Gasteiger partial charge in [0.1, 0.15) is 11.5 Å². The Morgan fingerprint density at radius 2 is 1.71 bits per heavy atom. The van der Waals surface area contributed by atoms with Gasteiger partial charge in [0.25, 0.3) is 0 Å². The van der Waals surface area contributed by atoms with Crippen LogP contribution in [0.1, 0.15) is 34.5 Å². The van der Waals surface area contributed by atoms with Crippen LogP contribution in [0, 0.1) is 0 Å². The lowest BCUT2D eigenvalue weighted by Crippen LogP contribution is -2.35. The molecule has 1 unspecified atom stereocenters. The van der Waals surface area contributed by atoms with Gasteiger partial charge in [0.15, 0.2) is 5.78 Å². The molecule has 0 aromatic heterocycles. The summed E-state index contributed by atoms with van der Waals surface area (Å²) in [6.45, 7) is 1.97. The predicted molar refractivity (Wildman–Crippen MR) is 109 cm³/mol. The van der Waals surface area contributed by atoms with Gasteiger partial charge in [0.2, 0.25) is 5.91 Å². The monoisotopic (exact) mass is 384 g/mol. The van der Waals surface area contributed by atoms with Gasteiger partial charge in [-0.05, 0) is 56.9 Å². The summed E-state index contributed by atoms with van der Waals surface area (Å²) in [5.74, 6) is 1.22. The number of hydrogen-bond donors (Lipinski definition) is 1. The summed E-state index contributed by atoms with van der Waals surface area (Å²) in [5.41, 5.74) is 2.34. The quantitative estimate of drug-likeness (QED) is 0.674. The van der Waals surface area contributed by atoms with Crippen molar-refractivity contribution in [3.05, 3.63) is 59.2 Å². The van der Waals surface area contributed by atoms with E-state index in [1.165, 1.54) is 6.92 Å². The summed E-state index contributed by atoms with van der Waals surface area (Å²) in [4.78, 5) is 26.2. The zero-order valence-corrected chi connectivity index (χ0v) is 17.1. The Hall–Kier alpha value is -2.86. The molecular formula is C22H28N2O4. The smallest absolute Gasteiger partial charge is 0.224 e. The highest BCUT2D eigenvalue weighted by atomic mass is 16.5. The summed E-state index contributed by atoms with van der Waals surface area (Å²) in [6, 6.07) is 13.0. The molecule has 0 aliphatic rings. The molecule has 28 heavy (non-hydrogen) atoms. The Bertz CT molecular complexity index is 816. The van der Waals surface area contributed by atoms with Gasteiger partial charge in [0, 0.05) is 17.7 Å². The maximum atomic E-state index is 12.5. The summed E-state index contributed by atoms with van der Waals surface area (Å²) in [6.07, 6.45) is 0.146. The number of methoxy groups -OCH3 is 2. The first-order chi connectivity index (χ1) is 13.3. The van der Waals surface area contributed by atoms with Crippen LogP contribution in [-0.4, -0.2) is 51.5 Å². The van der Waals surface area contributed by atoms with E-state index in [4.69, 9.17) is 9.47 Å². The van der Waals surface area contributed by atoms with Crippen LogP contribution in [0.15, 0.2) is 42.5 Å². The van der Waals surface area contributed by atoms with Crippen LogP contribution in [0.2, 0.25) is 0 Å². The minimum absolute atomic E-state index is 0.0281. The molecular weight excluding hydrogens is 356 g/mol. The van der Waals surface area contributed by atoms with E-state index in [1.54, 1.807) is 32.4 Å². The van der Waals surface area contributed by atoms with E-state index in [-0.39, 0.29) is 24.2 Å². The highest BCUT2D eigenvalue weighted by Gasteiger charge is 2.17. The molecule has 0 bridgehead atoms. The van der Waals surface area contributed by atoms with Gasteiger partial charge in [-0.2, -0.15) is 0 Å². The molecule has 0 heterocycles. The molecule has 1 atom stereocenters. The van der Waals surface area contributed by atoms with Crippen molar-refractivity contribution in [1.82, 2.24) is 10.2 Å². The largest absolute Gasteiger partial charge is 0.497 e. The van der Waals surface area contributed by atoms with E-state index >= 15 is 0 Å². The molecule has 0 aliphatic heterocycles. The fourth-order valence-corrected chi connectivity index (χ4v) is 3.01. The van der Waals surface area contributed by atoms with Crippen LogP contribution in [0.4, 0.5) is 0 Å². The molecule has 0 saturated heterocycles. The van der Waals surface area contributed by atoms with Gasteiger partial charge in [-0.1, -0.05) is 12.1 Å². The van der Waals surface area contributed by atoms with E-state index in [1.807, 2.05) is 38.4 Å². The van der Waals surface area contributed by atoms with E-state index in [2.05, 4.69) is 10.2 Å². The summed E-state index contributed by atoms with van der Waals surface area (Å²) >= 11 is 0. The molecule has 1 amide bonds. The number of ketones is 1. The zero-order chi connectivity index (χ0) is 20.7. The van der Waals surface area contributed by atoms with Crippen LogP contribution < -0.4 is 14.8 Å². The van der Waals surface area contributed by atoms with Gasteiger partial charge in [-0.15, -0.1) is 0 Å². The molecule has 0 saturated carbocycles. The number of amides is 1. The zero-order valence-electron chi connectivity index (χ0n) is 17.1. The van der Waals surface area contributed by atoms with Crippen LogP contribution >= 0.6 is 0 Å². The van der Waals surface area contributed by atoms with Gasteiger partial charge in [0.05, 0.1) is 26.7 Å². The first-order valence-electron chi connectivity index (χ1n) is 9.10. The predicted octanol–water partition coefficient (Wildman–Crippen LogP) is 2.87. The lowest BCUT2D eigenvalue weighted by molar-refractivity contribution is -0.120. The number of rotatable bonds is 9. The topological polar surface area (TPSA) is 67.9 Å². The summed E-state index contributed by atoms with van der Waals surface area (Å²) in [5, 5.41) is 2.99. The normalized spacial score (nSPS) is 11.8. The van der Waals surface area contributed by atoms with Gasteiger partial charge in [-0.3, -0.25) is 9.59 Å². The van der Waals surface area contributed by atoms with Gasteiger partial charge < -0.3 is 19.7 Å². The van der Waals surface area contributed by atoms with Crippen molar-refractivity contribution < 1.29 is 19.1 Å². The molecule has 2 aromatic rings. The second-order valence-electron chi connectivity index (χ2n) is 6.82. The van der Waals surface area contributed by atoms with Crippen molar-refractivity contribution in [3.8, 4) is 11.5 Å². The molecule has 0 spiro atoms. The lowest BCUT2D eigenvalue weighted by Gasteiger charge is -2.25. The average molecular weight is 384 g/mol. The van der Waals surface area contributed by atoms with Crippen molar-refractivity contribution in [3.63, 3.8) is 0 Å². The highest BCUT2D eigenvalue weighted by Crippen LogP contribution is 2.22. The van der Waals surface area contributed by atoms with Gasteiger partial charge >= 0.3 is 0 Å². The van der Waals surface area contributed by atoms with Crippen molar-refractivity contribution in [2.24, 2.45) is 0 Å². The number of hydrogen-bond acceptors (Lipinski definition) is 5. The number of carbonyl (C=O) groups is 2. The summed E-state index contributed by atoms with van der Waals surface area (Å²) in [7, 11) is 7.13. The highest BCUT2D eigenvalue weighted by molar-refractivity contribution is 5.94. The number of benzene rings is 2. The van der Waals surface area contributed by atoms with E-state index in [0.717, 1.165) is 11.3 Å². The SMILES string of the molecule is COc1ccc(C(CNC(=O)Cc2cc(C(C)=O)ccc2OC)N(C)C)cc1. The minimum atomic E-state index is -0.126. The van der Waals surface area contributed by atoms with Crippen LogP contribution in [0.5, 0.6) is 11.5 Å². The van der Waals surface area contributed by atoms with Crippen LogP contribution in [0.25, 0.3) is 0 Å². The number of likely N-dealkylation sites (N-methyl/N-ethyl adjacent to an activating group) is 1. The second kappa shape index (κ2) is 9.90. The minimum Gasteiger partial charge on any atom is -0.497 e. The fraction of sp³-hybridized carbons (Fsp3) is 0.364. The Labute approximate surface area is 166 Å². The fourth-order valence-electron chi connectivity index (χ4n) is 3.01. The number of ether oxygens (including phenoxy) is 2. The third kappa shape index (κ3) is 5.57. The molecule has 2 aromatic carbocycles. The molecule has 6 heteroatoms. The van der Waals surface area contributed by atoms with Crippen molar-refractivity contribution in [1.29, 1.82) is 0 Å². The molecule has 2 rings (SSSR count). The van der Waals surface area contributed by atoms with Crippen molar-refractivity contribution in [2.75, 3.05) is 34.9 Å². The maximum absolute atomic E-state index is 12.5. The van der Waals surface area contributed by atoms with Crippen molar-refractivity contribution in [2.45, 2.75) is 19.4 Å². The average Bonchev–Trinajstić information content (AvgIpc) is 2.68. The van der Waals surface area contributed by atoms with E-state index in [9.17, 15) is 9.59 Å². The Balaban J connectivity index is 2.07. The number of carbonyl (C=O) groups excluding carboxylic acids is 2. The Kier molecular flexibility index (Phi) is 7.58. The molecule has 1 N–H and O–H groups in total. The Morgan fingerprint density at radius 3 is 2.25 bits per heavy atom. The van der Waals surface area contributed by atoms with Gasteiger partial charge in [-0.25, -0.2) is 0 Å². The third-order valence-corrected chi connectivity index (χ3v) is 4.65. The lowest BCUT2D eigenvalue weighted by atomic mass is 10.0. The maximum Gasteiger partial charge on any atom is 0.224 e.